The standard InChI is InChI=1S/H3N.H4Si.Ti.Zr/h1H3;1H4;;. The molecule has 0 saturated carbocycles. The number of hydrogen-bond acceptors (Lipinski definition) is 1. The van der Waals surface area contributed by atoms with E-state index < -0.39 is 0 Å². The van der Waals surface area contributed by atoms with Crippen LogP contribution in [-0.2, 0) is 47.9 Å². The van der Waals surface area contributed by atoms with Crippen LogP contribution in [-0.4, -0.2) is 11.0 Å². The van der Waals surface area contributed by atoms with Crippen LogP contribution < -0.4 is 6.15 Å². The Morgan fingerprint density at radius 1 is 1.00 bits per heavy atom. The summed E-state index contributed by atoms with van der Waals surface area (Å²) in [5, 5.41) is 0. The minimum atomic E-state index is 0. The van der Waals surface area contributed by atoms with Crippen molar-refractivity contribution >= 4 is 11.0 Å². The molecule has 0 aromatic carbocycles. The molecule has 0 amide bonds. The van der Waals surface area contributed by atoms with E-state index in [4.69, 9.17) is 0 Å². The predicted octanol–water partition coefficient (Wildman–Crippen LogP) is -1.29. The zero-order valence-corrected chi connectivity index (χ0v) is 5.73. The van der Waals surface area contributed by atoms with Crippen LogP contribution in [0.3, 0.4) is 0 Å². The van der Waals surface area contributed by atoms with Crippen molar-refractivity contribution in [1.29, 1.82) is 0 Å². The first-order valence-corrected chi connectivity index (χ1v) is 0. The van der Waals surface area contributed by atoms with Gasteiger partial charge in [0.1, 0.15) is 0 Å². The average Bonchev–Trinajstić information content (AvgIpc) is 0. The van der Waals surface area contributed by atoms with Gasteiger partial charge in [0.2, 0.25) is 0 Å². The molecule has 0 aliphatic carbocycles. The average molecular weight is 188 g/mol. The molecular weight excluding hydrogens is 181 g/mol. The van der Waals surface area contributed by atoms with Crippen LogP contribution in [0.4, 0.5) is 0 Å². The summed E-state index contributed by atoms with van der Waals surface area (Å²) in [6.07, 6.45) is 0. The van der Waals surface area contributed by atoms with Gasteiger partial charge in [0, 0.05) is 47.9 Å². The summed E-state index contributed by atoms with van der Waals surface area (Å²) in [6.45, 7) is 0. The molecule has 0 radical (unpaired) electrons. The van der Waals surface area contributed by atoms with E-state index in [-0.39, 0.29) is 65.0 Å². The van der Waals surface area contributed by atoms with Crippen LogP contribution in [0, 0.1) is 0 Å². The summed E-state index contributed by atoms with van der Waals surface area (Å²) in [5.74, 6) is 0. The summed E-state index contributed by atoms with van der Waals surface area (Å²) in [4.78, 5) is 0. The van der Waals surface area contributed by atoms with Crippen molar-refractivity contribution in [2.24, 2.45) is 0 Å². The van der Waals surface area contributed by atoms with Gasteiger partial charge in [-0.1, -0.05) is 0 Å². The van der Waals surface area contributed by atoms with Crippen LogP contribution >= 0.6 is 0 Å². The Balaban J connectivity index is 0. The molecule has 3 N–H and O–H groups in total. The Hall–Kier alpha value is 1.77. The van der Waals surface area contributed by atoms with Crippen LogP contribution in [0.1, 0.15) is 0 Å². The monoisotopic (exact) mass is 187 g/mol. The maximum Gasteiger partial charge on any atom is 0 e. The van der Waals surface area contributed by atoms with Gasteiger partial charge >= 0.3 is 0 Å². The van der Waals surface area contributed by atoms with E-state index in [1.54, 1.807) is 0 Å². The van der Waals surface area contributed by atoms with Gasteiger partial charge in [0.05, 0.1) is 0 Å². The summed E-state index contributed by atoms with van der Waals surface area (Å²) in [7, 11) is 0. The SMILES string of the molecule is N.[SiH4].[Ti].[Zr]. The van der Waals surface area contributed by atoms with Crippen LogP contribution in [0.15, 0.2) is 0 Å². The third-order valence-corrected chi connectivity index (χ3v) is 0. The van der Waals surface area contributed by atoms with E-state index in [1.165, 1.54) is 0 Å². The van der Waals surface area contributed by atoms with Gasteiger partial charge in [-0.15, -0.1) is 0 Å². The Morgan fingerprint density at radius 3 is 1.00 bits per heavy atom. The van der Waals surface area contributed by atoms with E-state index >= 15 is 0 Å². The Labute approximate surface area is 64.5 Å². The van der Waals surface area contributed by atoms with Crippen LogP contribution in [0.5, 0.6) is 0 Å². The molecule has 0 spiro atoms. The number of rotatable bonds is 0. The minimum absolute atomic E-state index is 0. The van der Waals surface area contributed by atoms with Gasteiger partial charge < -0.3 is 6.15 Å². The molecule has 4 heavy (non-hydrogen) atoms. The Morgan fingerprint density at radius 2 is 1.00 bits per heavy atom. The second kappa shape index (κ2) is 21.6. The quantitative estimate of drug-likeness (QED) is 0.471. The number of hydrogen-bond donors (Lipinski definition) is 1. The smallest absolute Gasteiger partial charge is 0 e. The molecule has 0 rings (SSSR count). The second-order valence-corrected chi connectivity index (χ2v) is 0. The fourth-order valence-electron chi connectivity index (χ4n) is 0. The molecular formula is H7NSiTiZr. The molecule has 0 heterocycles. The molecule has 0 atom stereocenters. The first-order valence-electron chi connectivity index (χ1n) is 0. The van der Waals surface area contributed by atoms with Gasteiger partial charge in [-0.2, -0.15) is 0 Å². The summed E-state index contributed by atoms with van der Waals surface area (Å²) in [6, 6.07) is 0. The van der Waals surface area contributed by atoms with Crippen LogP contribution in [0.25, 0.3) is 0 Å². The van der Waals surface area contributed by atoms with E-state index in [2.05, 4.69) is 0 Å². The van der Waals surface area contributed by atoms with Gasteiger partial charge in [0.15, 0.2) is 0 Å². The third kappa shape index (κ3) is 9.23. The maximum atomic E-state index is 0. The van der Waals surface area contributed by atoms with Gasteiger partial charge in [0.25, 0.3) is 0 Å². The van der Waals surface area contributed by atoms with E-state index in [9.17, 15) is 0 Å². The molecule has 0 bridgehead atoms. The molecule has 0 aromatic rings. The van der Waals surface area contributed by atoms with Crippen molar-refractivity contribution in [2.75, 3.05) is 0 Å². The van der Waals surface area contributed by atoms with E-state index in [0.717, 1.165) is 0 Å². The zero-order chi connectivity index (χ0) is 0. The van der Waals surface area contributed by atoms with E-state index in [0.29, 0.717) is 0 Å². The van der Waals surface area contributed by atoms with Gasteiger partial charge in [-0.3, -0.25) is 0 Å². The minimum Gasteiger partial charge on any atom is -0.344 e. The maximum absolute atomic E-state index is 0. The zero-order valence-electron chi connectivity index (χ0n) is 1.71. The topological polar surface area (TPSA) is 35.0 Å². The largest absolute Gasteiger partial charge is 0.344 e. The fourth-order valence-corrected chi connectivity index (χ4v) is 0. The van der Waals surface area contributed by atoms with Crippen molar-refractivity contribution in [2.45, 2.75) is 0 Å². The molecule has 0 fully saturated rings. The normalized spacial score (nSPS) is 0. The summed E-state index contributed by atoms with van der Waals surface area (Å²) >= 11 is 0. The van der Waals surface area contributed by atoms with Crippen molar-refractivity contribution in [3.05, 3.63) is 0 Å². The van der Waals surface area contributed by atoms with E-state index in [1.807, 2.05) is 0 Å². The third-order valence-electron chi connectivity index (χ3n) is 0. The predicted molar refractivity (Wildman–Crippen MR) is 16.4 cm³/mol. The van der Waals surface area contributed by atoms with Crippen molar-refractivity contribution in [3.63, 3.8) is 0 Å². The first kappa shape index (κ1) is 41.8. The molecule has 0 aromatic heterocycles. The second-order valence-electron chi connectivity index (χ2n) is 0. The summed E-state index contributed by atoms with van der Waals surface area (Å²) in [5.41, 5.74) is 0. The van der Waals surface area contributed by atoms with Gasteiger partial charge in [-0.25, -0.2) is 0 Å². The van der Waals surface area contributed by atoms with Gasteiger partial charge in [-0.05, 0) is 11.0 Å². The van der Waals surface area contributed by atoms with Crippen LogP contribution in [0.2, 0.25) is 0 Å². The molecule has 0 saturated heterocycles. The molecule has 0 aliphatic heterocycles. The fraction of sp³-hybridized carbons (Fsp3) is 0. The van der Waals surface area contributed by atoms with Crippen molar-refractivity contribution < 1.29 is 47.9 Å². The molecule has 0 aliphatic rings. The van der Waals surface area contributed by atoms with Crippen molar-refractivity contribution in [1.82, 2.24) is 6.15 Å². The molecule has 4 heteroatoms. The summed E-state index contributed by atoms with van der Waals surface area (Å²) < 4.78 is 0. The molecule has 0 unspecified atom stereocenters. The Bertz CT molecular complexity index is 8.00. The van der Waals surface area contributed by atoms with Crippen molar-refractivity contribution in [3.8, 4) is 0 Å². The first-order chi connectivity index (χ1) is 0. The Kier molecular flexibility index (Phi) is 226. The molecule has 1 nitrogen and oxygen atoms in total. The molecule has 24 valence electrons.